The third-order valence-electron chi connectivity index (χ3n) is 5.41. The lowest BCUT2D eigenvalue weighted by Crippen LogP contribution is -2.07. The number of carboxylic acid groups (broad SMARTS) is 2. The van der Waals surface area contributed by atoms with Crippen LogP contribution in [0.15, 0.2) is 73.3 Å². The van der Waals surface area contributed by atoms with Gasteiger partial charge in [0.05, 0.1) is 16.0 Å². The number of rotatable bonds is 9. The Morgan fingerprint density at radius 3 is 2.09 bits per heavy atom. The summed E-state index contributed by atoms with van der Waals surface area (Å²) in [7, 11) is 0. The fourth-order valence-electron chi connectivity index (χ4n) is 3.62. The number of aromatic carboxylic acids is 2. The van der Waals surface area contributed by atoms with Crippen molar-refractivity contribution in [2.45, 2.75) is 19.8 Å². The molecule has 0 aliphatic carbocycles. The normalized spacial score (nSPS) is 10.7. The zero-order valence-electron chi connectivity index (χ0n) is 19.0. The first-order valence-corrected chi connectivity index (χ1v) is 11.8. The predicted molar refractivity (Wildman–Crippen MR) is 138 cm³/mol. The molecule has 0 spiro atoms. The monoisotopic (exact) mass is 485 g/mol. The lowest BCUT2D eigenvalue weighted by Gasteiger charge is -2.15. The van der Waals surface area contributed by atoms with Crippen molar-refractivity contribution in [3.8, 4) is 21.1 Å². The van der Waals surface area contributed by atoms with E-state index in [2.05, 4.69) is 11.9 Å². The van der Waals surface area contributed by atoms with E-state index < -0.39 is 11.9 Å². The molecule has 0 radical (unpaired) electrons. The van der Waals surface area contributed by atoms with Crippen molar-refractivity contribution < 1.29 is 19.8 Å². The minimum absolute atomic E-state index is 0.210. The van der Waals surface area contributed by atoms with Crippen molar-refractivity contribution in [3.63, 3.8) is 0 Å². The van der Waals surface area contributed by atoms with Crippen LogP contribution in [0.5, 0.6) is 0 Å². The van der Waals surface area contributed by atoms with E-state index >= 15 is 0 Å². The van der Waals surface area contributed by atoms with Crippen molar-refractivity contribution in [2.75, 3.05) is 5.32 Å². The highest BCUT2D eigenvalue weighted by Crippen LogP contribution is 2.35. The Hall–Kier alpha value is -4.30. The summed E-state index contributed by atoms with van der Waals surface area (Å²) >= 11 is 1.53. The highest BCUT2D eigenvalue weighted by molar-refractivity contribution is 7.18. The van der Waals surface area contributed by atoms with Gasteiger partial charge in [-0.25, -0.2) is 19.6 Å². The number of aryl methyl sites for hydroxylation is 1. The van der Waals surface area contributed by atoms with E-state index in [1.807, 2.05) is 19.1 Å². The van der Waals surface area contributed by atoms with Crippen LogP contribution in [0.3, 0.4) is 0 Å². The molecular formula is C27H23N3O4S. The number of aromatic nitrogens is 2. The maximum atomic E-state index is 11.2. The number of allylic oxidation sites excluding steroid dienone is 1. The Morgan fingerprint density at radius 2 is 1.51 bits per heavy atom. The first-order chi connectivity index (χ1) is 16.9. The largest absolute Gasteiger partial charge is 0.478 e. The molecule has 0 aliphatic heterocycles. The molecule has 0 bridgehead atoms. The van der Waals surface area contributed by atoms with E-state index in [4.69, 9.17) is 20.2 Å². The van der Waals surface area contributed by atoms with E-state index in [9.17, 15) is 9.59 Å². The van der Waals surface area contributed by atoms with Crippen LogP contribution in [-0.2, 0) is 12.8 Å². The van der Waals surface area contributed by atoms with Gasteiger partial charge in [-0.1, -0.05) is 25.1 Å². The predicted octanol–water partition coefficient (Wildman–Crippen LogP) is 6.30. The van der Waals surface area contributed by atoms with Gasteiger partial charge in [0.2, 0.25) is 0 Å². The van der Waals surface area contributed by atoms with E-state index in [0.29, 0.717) is 24.5 Å². The van der Waals surface area contributed by atoms with Crippen molar-refractivity contribution >= 4 is 34.8 Å². The molecule has 2 aromatic heterocycles. The Balaban J connectivity index is 1.71. The van der Waals surface area contributed by atoms with E-state index in [1.165, 1.54) is 11.3 Å². The van der Waals surface area contributed by atoms with Gasteiger partial charge in [-0.3, -0.25) is 0 Å². The minimum atomic E-state index is -0.979. The van der Waals surface area contributed by atoms with E-state index in [0.717, 1.165) is 32.3 Å². The number of hydrogen-bond donors (Lipinski definition) is 3. The molecule has 2 heterocycles. The smallest absolute Gasteiger partial charge is 0.335 e. The van der Waals surface area contributed by atoms with Crippen molar-refractivity contribution in [3.05, 3.63) is 95.7 Å². The van der Waals surface area contributed by atoms with E-state index in [-0.39, 0.29) is 11.1 Å². The fraction of sp³-hybridized carbons (Fsp3) is 0.111. The molecule has 176 valence electrons. The molecule has 7 nitrogen and oxygen atoms in total. The summed E-state index contributed by atoms with van der Waals surface area (Å²) in [5.74, 6) is -0.706. The molecule has 8 heteroatoms. The van der Waals surface area contributed by atoms with Gasteiger partial charge >= 0.3 is 11.9 Å². The molecule has 0 saturated carbocycles. The molecular weight excluding hydrogens is 462 g/mol. The number of carboxylic acids is 2. The summed E-state index contributed by atoms with van der Waals surface area (Å²) < 4.78 is 0. The van der Waals surface area contributed by atoms with Gasteiger partial charge in [0.25, 0.3) is 0 Å². The second-order valence-electron chi connectivity index (χ2n) is 7.72. The van der Waals surface area contributed by atoms with E-state index in [1.54, 1.807) is 54.6 Å². The first-order valence-electron chi connectivity index (χ1n) is 10.9. The van der Waals surface area contributed by atoms with Crippen LogP contribution < -0.4 is 5.32 Å². The molecule has 4 rings (SSSR count). The molecule has 0 fully saturated rings. The minimum Gasteiger partial charge on any atom is -0.478 e. The Labute approximate surface area is 206 Å². The SMILES string of the molecule is C=CCc1c(CC)nc(-c2ccc(-c3ccc(C(=O)O)cc3)s2)nc1Nc1ccc(C(=O)O)cc1. The summed E-state index contributed by atoms with van der Waals surface area (Å²) in [5, 5.41) is 21.6. The molecule has 0 aliphatic rings. The number of hydrogen-bond acceptors (Lipinski definition) is 6. The Morgan fingerprint density at radius 1 is 0.914 bits per heavy atom. The van der Waals surface area contributed by atoms with Gasteiger partial charge in [0.1, 0.15) is 5.82 Å². The topological polar surface area (TPSA) is 112 Å². The summed E-state index contributed by atoms with van der Waals surface area (Å²) in [5.41, 5.74) is 3.93. The van der Waals surface area contributed by atoms with Gasteiger partial charge in [-0.05, 0) is 66.9 Å². The lowest BCUT2D eigenvalue weighted by molar-refractivity contribution is 0.0686. The molecule has 0 amide bonds. The average molecular weight is 486 g/mol. The summed E-state index contributed by atoms with van der Waals surface area (Å²) in [6.07, 6.45) is 3.10. The molecule has 0 unspecified atom stereocenters. The van der Waals surface area contributed by atoms with Crippen LogP contribution in [0.2, 0.25) is 0 Å². The van der Waals surface area contributed by atoms with Crippen LogP contribution >= 0.6 is 11.3 Å². The van der Waals surface area contributed by atoms with Crippen LogP contribution in [0.1, 0.15) is 38.9 Å². The van der Waals surface area contributed by atoms with Crippen LogP contribution in [-0.4, -0.2) is 32.1 Å². The number of thiophene rings is 1. The zero-order valence-corrected chi connectivity index (χ0v) is 19.8. The Bertz CT molecular complexity index is 1390. The van der Waals surface area contributed by atoms with Crippen LogP contribution in [0, 0.1) is 0 Å². The maximum Gasteiger partial charge on any atom is 0.335 e. The molecule has 0 saturated heterocycles. The maximum absolute atomic E-state index is 11.2. The third-order valence-corrected chi connectivity index (χ3v) is 6.54. The van der Waals surface area contributed by atoms with Gasteiger partial charge in [0.15, 0.2) is 5.82 Å². The highest BCUT2D eigenvalue weighted by Gasteiger charge is 2.16. The molecule has 4 aromatic rings. The summed E-state index contributed by atoms with van der Waals surface area (Å²) in [6.45, 7) is 5.90. The lowest BCUT2D eigenvalue weighted by atomic mass is 10.1. The van der Waals surface area contributed by atoms with Gasteiger partial charge in [-0.2, -0.15) is 0 Å². The fourth-order valence-corrected chi connectivity index (χ4v) is 4.56. The second kappa shape index (κ2) is 10.3. The first kappa shape index (κ1) is 23.8. The summed E-state index contributed by atoms with van der Waals surface area (Å²) in [4.78, 5) is 33.8. The number of nitrogens with one attached hydrogen (secondary N) is 1. The second-order valence-corrected chi connectivity index (χ2v) is 8.81. The highest BCUT2D eigenvalue weighted by atomic mass is 32.1. The standard InChI is InChI=1S/C27H23N3O4S/c1-3-5-20-21(4-2)29-25(30-24(20)28-19-12-10-18(11-13-19)27(33)34)23-15-14-22(35-23)16-6-8-17(9-7-16)26(31)32/h3,6-15H,1,4-5H2,2H3,(H,31,32)(H,33,34)(H,28,29,30). The van der Waals surface area contributed by atoms with Gasteiger partial charge in [-0.15, -0.1) is 17.9 Å². The average Bonchev–Trinajstić information content (AvgIpc) is 3.36. The number of nitrogens with zero attached hydrogens (tertiary/aromatic N) is 2. The quantitative estimate of drug-likeness (QED) is 0.238. The third kappa shape index (κ3) is 5.28. The molecule has 3 N–H and O–H groups in total. The molecule has 35 heavy (non-hydrogen) atoms. The van der Waals surface area contributed by atoms with Gasteiger partial charge in [0, 0.05) is 21.8 Å². The van der Waals surface area contributed by atoms with Crippen molar-refractivity contribution in [2.24, 2.45) is 0 Å². The van der Waals surface area contributed by atoms with Crippen LogP contribution in [0.25, 0.3) is 21.1 Å². The zero-order chi connectivity index (χ0) is 24.9. The summed E-state index contributed by atoms with van der Waals surface area (Å²) in [6, 6.07) is 17.2. The van der Waals surface area contributed by atoms with Gasteiger partial charge < -0.3 is 15.5 Å². The van der Waals surface area contributed by atoms with Crippen molar-refractivity contribution in [1.82, 2.24) is 9.97 Å². The number of anilines is 2. The van der Waals surface area contributed by atoms with Crippen LogP contribution in [0.4, 0.5) is 11.5 Å². The molecule has 2 aromatic carbocycles. The number of benzene rings is 2. The van der Waals surface area contributed by atoms with Crippen molar-refractivity contribution in [1.29, 1.82) is 0 Å². The number of carbonyl (C=O) groups is 2. The molecule has 0 atom stereocenters. The Kier molecular flexibility index (Phi) is 7.03.